The fourth-order valence-corrected chi connectivity index (χ4v) is 1.98. The van der Waals surface area contributed by atoms with Crippen LogP contribution in [0.25, 0.3) is 10.8 Å². The van der Waals surface area contributed by atoms with E-state index in [4.69, 9.17) is 9.68 Å². The van der Waals surface area contributed by atoms with Crippen molar-refractivity contribution in [1.29, 1.82) is 5.26 Å². The van der Waals surface area contributed by atoms with Crippen molar-refractivity contribution >= 4 is 22.8 Å². The highest BCUT2D eigenvalue weighted by Gasteiger charge is 2.11. The molecule has 0 saturated carbocycles. The second-order valence-electron chi connectivity index (χ2n) is 4.19. The molecule has 0 atom stereocenters. The Kier molecular flexibility index (Phi) is 2.73. The van der Waals surface area contributed by atoms with Crippen LogP contribution in [0.4, 0.5) is 5.82 Å². The van der Waals surface area contributed by atoms with E-state index in [1.54, 1.807) is 13.1 Å². The molecule has 0 spiro atoms. The number of furan rings is 1. The van der Waals surface area contributed by atoms with Crippen molar-refractivity contribution in [3.05, 3.63) is 41.8 Å². The molecule has 0 bridgehead atoms. The van der Waals surface area contributed by atoms with Gasteiger partial charge in [-0.15, -0.1) is 0 Å². The molecular formula is C14H10N4O2. The van der Waals surface area contributed by atoms with Gasteiger partial charge < -0.3 is 9.52 Å². The highest BCUT2D eigenvalue weighted by molar-refractivity contribution is 6.00. The van der Waals surface area contributed by atoms with Gasteiger partial charge >= 0.3 is 0 Å². The number of nitriles is 1. The first kappa shape index (κ1) is 12.0. The Bertz CT molecular complexity index is 852. The number of fused-ring (bicyclic) bond motifs is 1. The van der Waals surface area contributed by atoms with Crippen LogP contribution in [0.1, 0.15) is 11.3 Å². The predicted octanol–water partition coefficient (Wildman–Crippen LogP) is 2.49. The summed E-state index contributed by atoms with van der Waals surface area (Å²) in [7, 11) is 1.70. The topological polar surface area (TPSA) is 87.3 Å². The van der Waals surface area contributed by atoms with Gasteiger partial charge in [-0.25, -0.2) is 9.67 Å². The summed E-state index contributed by atoms with van der Waals surface area (Å²) in [4.78, 5) is 4.22. The number of aryl methyl sites for hydroxylation is 1. The molecule has 6 nitrogen and oxygen atoms in total. The van der Waals surface area contributed by atoms with Crippen LogP contribution in [-0.2, 0) is 7.05 Å². The Hall–Kier alpha value is -3.07. The SMILES string of the molecule is Cn1ncc(C#N)c1N=Cc1oc(O)c2ccccc12. The maximum atomic E-state index is 9.71. The van der Waals surface area contributed by atoms with Gasteiger partial charge in [0.15, 0.2) is 11.6 Å². The molecule has 3 aromatic rings. The van der Waals surface area contributed by atoms with E-state index in [9.17, 15) is 5.11 Å². The van der Waals surface area contributed by atoms with E-state index >= 15 is 0 Å². The Balaban J connectivity index is 2.08. The van der Waals surface area contributed by atoms with Crippen LogP contribution < -0.4 is 0 Å². The first-order chi connectivity index (χ1) is 9.70. The summed E-state index contributed by atoms with van der Waals surface area (Å²) in [6.07, 6.45) is 2.92. The number of aliphatic imine (C=N–C) groups is 1. The quantitative estimate of drug-likeness (QED) is 0.722. The van der Waals surface area contributed by atoms with Crippen molar-refractivity contribution in [1.82, 2.24) is 9.78 Å². The van der Waals surface area contributed by atoms with E-state index < -0.39 is 0 Å². The number of hydrogen-bond acceptors (Lipinski definition) is 5. The molecule has 3 rings (SSSR count). The zero-order chi connectivity index (χ0) is 14.1. The van der Waals surface area contributed by atoms with E-state index in [0.717, 1.165) is 5.39 Å². The second kappa shape index (κ2) is 4.55. The van der Waals surface area contributed by atoms with Crippen LogP contribution in [0.15, 0.2) is 39.9 Å². The molecule has 2 aromatic heterocycles. The van der Waals surface area contributed by atoms with E-state index in [1.165, 1.54) is 17.1 Å². The van der Waals surface area contributed by atoms with Crippen molar-refractivity contribution in [3.63, 3.8) is 0 Å². The third-order valence-corrected chi connectivity index (χ3v) is 2.96. The standard InChI is InChI=1S/C14H10N4O2/c1-18-13(9(6-15)7-17-18)16-8-12-10-4-2-3-5-11(10)14(19)20-12/h2-5,7-8,19H,1H3. The van der Waals surface area contributed by atoms with Crippen molar-refractivity contribution in [2.45, 2.75) is 0 Å². The molecule has 0 saturated heterocycles. The highest BCUT2D eigenvalue weighted by atomic mass is 16.5. The molecule has 0 aliphatic rings. The van der Waals surface area contributed by atoms with Crippen molar-refractivity contribution < 1.29 is 9.52 Å². The first-order valence-electron chi connectivity index (χ1n) is 5.87. The molecule has 6 heteroatoms. The number of nitrogens with zero attached hydrogens (tertiary/aromatic N) is 4. The zero-order valence-electron chi connectivity index (χ0n) is 10.6. The van der Waals surface area contributed by atoms with Crippen LogP contribution in [0, 0.1) is 11.3 Å². The third-order valence-electron chi connectivity index (χ3n) is 2.96. The minimum Gasteiger partial charge on any atom is -0.480 e. The molecule has 0 unspecified atom stereocenters. The lowest BCUT2D eigenvalue weighted by atomic mass is 10.2. The normalized spacial score (nSPS) is 11.2. The Morgan fingerprint density at radius 2 is 2.15 bits per heavy atom. The molecular weight excluding hydrogens is 256 g/mol. The molecule has 0 aliphatic carbocycles. The molecule has 0 amide bonds. The lowest BCUT2D eigenvalue weighted by Crippen LogP contribution is -1.89. The average molecular weight is 266 g/mol. The van der Waals surface area contributed by atoms with Gasteiger partial charge in [0.2, 0.25) is 0 Å². The minimum atomic E-state index is -0.146. The summed E-state index contributed by atoms with van der Waals surface area (Å²) in [5.74, 6) is 0.725. The number of rotatable bonds is 2. The highest BCUT2D eigenvalue weighted by Crippen LogP contribution is 2.30. The first-order valence-corrected chi connectivity index (χ1v) is 5.87. The molecule has 1 aromatic carbocycles. The predicted molar refractivity (Wildman–Crippen MR) is 73.1 cm³/mol. The summed E-state index contributed by atoms with van der Waals surface area (Å²) >= 11 is 0. The molecule has 0 radical (unpaired) electrons. The monoisotopic (exact) mass is 266 g/mol. The zero-order valence-corrected chi connectivity index (χ0v) is 10.6. The Labute approximate surface area is 114 Å². The Morgan fingerprint density at radius 1 is 1.40 bits per heavy atom. The number of benzene rings is 1. The number of hydrogen-bond donors (Lipinski definition) is 1. The minimum absolute atomic E-state index is 0.146. The summed E-state index contributed by atoms with van der Waals surface area (Å²) in [6.45, 7) is 0. The van der Waals surface area contributed by atoms with Gasteiger partial charge in [0.1, 0.15) is 11.6 Å². The smallest absolute Gasteiger partial charge is 0.290 e. The van der Waals surface area contributed by atoms with Crippen molar-refractivity contribution in [3.8, 4) is 12.0 Å². The maximum absolute atomic E-state index is 9.71. The van der Waals surface area contributed by atoms with Gasteiger partial charge in [-0.3, -0.25) is 0 Å². The average Bonchev–Trinajstić information content (AvgIpc) is 2.98. The molecule has 2 heterocycles. The third kappa shape index (κ3) is 1.82. The van der Waals surface area contributed by atoms with Crippen LogP contribution in [0.2, 0.25) is 0 Å². The van der Waals surface area contributed by atoms with Crippen LogP contribution in [0.3, 0.4) is 0 Å². The fourth-order valence-electron chi connectivity index (χ4n) is 1.98. The lowest BCUT2D eigenvalue weighted by molar-refractivity contribution is 0.336. The number of aromatic nitrogens is 2. The van der Waals surface area contributed by atoms with Crippen LogP contribution in [0.5, 0.6) is 5.95 Å². The molecule has 20 heavy (non-hydrogen) atoms. The van der Waals surface area contributed by atoms with Crippen molar-refractivity contribution in [2.75, 3.05) is 0 Å². The molecule has 0 aliphatic heterocycles. The van der Waals surface area contributed by atoms with Gasteiger partial charge in [0.05, 0.1) is 17.8 Å². The molecule has 98 valence electrons. The van der Waals surface area contributed by atoms with Gasteiger partial charge in [-0.1, -0.05) is 18.2 Å². The summed E-state index contributed by atoms with van der Waals surface area (Å²) < 4.78 is 6.77. The van der Waals surface area contributed by atoms with E-state index in [-0.39, 0.29) is 5.95 Å². The fraction of sp³-hybridized carbons (Fsp3) is 0.0714. The second-order valence-corrected chi connectivity index (χ2v) is 4.19. The maximum Gasteiger partial charge on any atom is 0.290 e. The van der Waals surface area contributed by atoms with E-state index in [1.807, 2.05) is 24.3 Å². The van der Waals surface area contributed by atoms with Gasteiger partial charge in [0, 0.05) is 12.4 Å². The molecule has 0 fully saturated rings. The van der Waals surface area contributed by atoms with E-state index in [0.29, 0.717) is 22.5 Å². The van der Waals surface area contributed by atoms with Crippen LogP contribution >= 0.6 is 0 Å². The van der Waals surface area contributed by atoms with Gasteiger partial charge in [-0.2, -0.15) is 10.4 Å². The van der Waals surface area contributed by atoms with Crippen molar-refractivity contribution in [2.24, 2.45) is 12.0 Å². The summed E-state index contributed by atoms with van der Waals surface area (Å²) in [5, 5.41) is 24.0. The lowest BCUT2D eigenvalue weighted by Gasteiger charge is -1.94. The Morgan fingerprint density at radius 3 is 2.90 bits per heavy atom. The molecule has 1 N–H and O–H groups in total. The summed E-state index contributed by atoms with van der Waals surface area (Å²) in [6, 6.07) is 9.27. The number of aromatic hydroxyl groups is 1. The largest absolute Gasteiger partial charge is 0.480 e. The summed E-state index contributed by atoms with van der Waals surface area (Å²) in [5.41, 5.74) is 0.379. The van der Waals surface area contributed by atoms with Crippen LogP contribution in [-0.4, -0.2) is 21.1 Å². The van der Waals surface area contributed by atoms with Gasteiger partial charge in [0.25, 0.3) is 5.95 Å². The van der Waals surface area contributed by atoms with Gasteiger partial charge in [-0.05, 0) is 6.07 Å². The van der Waals surface area contributed by atoms with E-state index in [2.05, 4.69) is 10.1 Å².